The fourth-order valence-electron chi connectivity index (χ4n) is 3.30. The quantitative estimate of drug-likeness (QED) is 0.584. The molecule has 0 saturated carbocycles. The van der Waals surface area contributed by atoms with Crippen molar-refractivity contribution < 1.29 is 0 Å². The molecule has 0 heterocycles. The van der Waals surface area contributed by atoms with Crippen molar-refractivity contribution >= 4 is 16.8 Å². The Morgan fingerprint density at radius 3 is 2.48 bits per heavy atom. The minimum Gasteiger partial charge on any atom is -0.0674 e. The normalized spacial score (nSPS) is 13.8. The number of benzene rings is 3. The van der Waals surface area contributed by atoms with Crippen LogP contribution in [0.5, 0.6) is 0 Å². The first-order chi connectivity index (χ1) is 10.4. The summed E-state index contributed by atoms with van der Waals surface area (Å²) in [6, 6.07) is 21.9. The number of fused-ring (bicyclic) bond motifs is 2. The van der Waals surface area contributed by atoms with Crippen LogP contribution < -0.4 is 0 Å². The van der Waals surface area contributed by atoms with Gasteiger partial charge >= 0.3 is 0 Å². The van der Waals surface area contributed by atoms with E-state index < -0.39 is 0 Å². The molecule has 3 aromatic rings. The van der Waals surface area contributed by atoms with Gasteiger partial charge in [-0.15, -0.1) is 0 Å². The molecule has 0 fully saturated rings. The van der Waals surface area contributed by atoms with Gasteiger partial charge < -0.3 is 0 Å². The summed E-state index contributed by atoms with van der Waals surface area (Å²) in [4.78, 5) is 0. The fraction of sp³-hybridized carbons (Fsp3) is 0.0952. The molecule has 0 aliphatic heterocycles. The molecule has 0 nitrogen and oxygen atoms in total. The highest BCUT2D eigenvalue weighted by molar-refractivity contribution is 5.92. The van der Waals surface area contributed by atoms with Crippen LogP contribution in [-0.4, -0.2) is 0 Å². The standard InChI is InChI=1S/C21H17/c1-2-15-11-12-17-8-4-6-10-19(17)21(15)20-14-13-16-7-3-5-9-18(16)20/h3-14H,2H2,1H3. The van der Waals surface area contributed by atoms with Crippen molar-refractivity contribution in [3.8, 4) is 0 Å². The second-order valence-electron chi connectivity index (χ2n) is 5.51. The average Bonchev–Trinajstić information content (AvgIpc) is 2.97. The molecule has 4 rings (SSSR count). The molecular formula is C21H17. The van der Waals surface area contributed by atoms with Crippen LogP contribution in [0.2, 0.25) is 0 Å². The molecule has 0 spiro atoms. The average molecular weight is 269 g/mol. The van der Waals surface area contributed by atoms with Gasteiger partial charge in [0.25, 0.3) is 0 Å². The van der Waals surface area contributed by atoms with E-state index in [0.29, 0.717) is 0 Å². The number of hydrogen-bond donors (Lipinski definition) is 0. The van der Waals surface area contributed by atoms with E-state index in [1.54, 1.807) is 0 Å². The maximum absolute atomic E-state index is 2.28. The largest absolute Gasteiger partial charge is 0.0674 e. The maximum Gasteiger partial charge on any atom is 0.0572 e. The first kappa shape index (κ1) is 12.4. The number of allylic oxidation sites excluding steroid dienone is 1. The smallest absolute Gasteiger partial charge is 0.0572 e. The van der Waals surface area contributed by atoms with Gasteiger partial charge in [-0.2, -0.15) is 0 Å². The lowest BCUT2D eigenvalue weighted by Crippen LogP contribution is -2.02. The zero-order valence-electron chi connectivity index (χ0n) is 12.1. The molecule has 3 aromatic carbocycles. The zero-order chi connectivity index (χ0) is 14.2. The van der Waals surface area contributed by atoms with Crippen LogP contribution in [0.4, 0.5) is 0 Å². The SMILES string of the molecule is CCc1ccc2ccccc2c1[C]1C=Cc2ccccc21. The monoisotopic (exact) mass is 269 g/mol. The van der Waals surface area contributed by atoms with Crippen LogP contribution in [0.25, 0.3) is 16.8 Å². The van der Waals surface area contributed by atoms with Gasteiger partial charge in [0.05, 0.1) is 5.92 Å². The van der Waals surface area contributed by atoms with Crippen LogP contribution in [0.3, 0.4) is 0 Å². The van der Waals surface area contributed by atoms with Gasteiger partial charge in [0, 0.05) is 0 Å². The number of hydrogen-bond acceptors (Lipinski definition) is 0. The minimum atomic E-state index is 1.06. The molecule has 1 aliphatic carbocycles. The van der Waals surface area contributed by atoms with Gasteiger partial charge in [-0.05, 0) is 39.4 Å². The highest BCUT2D eigenvalue weighted by Gasteiger charge is 2.23. The number of aryl methyl sites for hydroxylation is 1. The Bertz CT molecular complexity index is 840. The van der Waals surface area contributed by atoms with E-state index in [2.05, 4.69) is 79.7 Å². The molecule has 0 unspecified atom stereocenters. The van der Waals surface area contributed by atoms with Gasteiger partial charge in [-0.1, -0.05) is 79.7 Å². The second kappa shape index (κ2) is 4.89. The molecule has 101 valence electrons. The summed E-state index contributed by atoms with van der Waals surface area (Å²) < 4.78 is 0. The van der Waals surface area contributed by atoms with Gasteiger partial charge in [0.15, 0.2) is 0 Å². The van der Waals surface area contributed by atoms with E-state index in [9.17, 15) is 0 Å². The van der Waals surface area contributed by atoms with Crippen LogP contribution in [0.1, 0.15) is 29.2 Å². The molecule has 0 saturated heterocycles. The van der Waals surface area contributed by atoms with Crippen LogP contribution in [-0.2, 0) is 6.42 Å². The van der Waals surface area contributed by atoms with Gasteiger partial charge in [0.2, 0.25) is 0 Å². The van der Waals surface area contributed by atoms with Crippen molar-refractivity contribution in [3.05, 3.63) is 94.9 Å². The predicted molar refractivity (Wildman–Crippen MR) is 90.2 cm³/mol. The van der Waals surface area contributed by atoms with Gasteiger partial charge in [0.1, 0.15) is 0 Å². The molecule has 0 bridgehead atoms. The predicted octanol–water partition coefficient (Wildman–Crippen LogP) is 5.40. The van der Waals surface area contributed by atoms with Crippen LogP contribution in [0.15, 0.2) is 66.7 Å². The van der Waals surface area contributed by atoms with Crippen molar-refractivity contribution in [1.29, 1.82) is 0 Å². The third-order valence-corrected chi connectivity index (χ3v) is 4.35. The van der Waals surface area contributed by atoms with Crippen LogP contribution in [0, 0.1) is 5.92 Å². The molecule has 0 heteroatoms. The lowest BCUT2D eigenvalue weighted by Gasteiger charge is -2.18. The summed E-state index contributed by atoms with van der Waals surface area (Å²) >= 11 is 0. The second-order valence-corrected chi connectivity index (χ2v) is 5.51. The van der Waals surface area contributed by atoms with E-state index >= 15 is 0 Å². The minimum absolute atomic E-state index is 1.06. The van der Waals surface area contributed by atoms with Crippen molar-refractivity contribution in [1.82, 2.24) is 0 Å². The van der Waals surface area contributed by atoms with Gasteiger partial charge in [-0.25, -0.2) is 0 Å². The van der Waals surface area contributed by atoms with E-state index in [-0.39, 0.29) is 0 Å². The van der Waals surface area contributed by atoms with E-state index in [1.165, 1.54) is 38.9 Å². The molecular weight excluding hydrogens is 252 g/mol. The molecule has 1 aliphatic rings. The lowest BCUT2D eigenvalue weighted by atomic mass is 9.85. The summed E-state index contributed by atoms with van der Waals surface area (Å²) in [5.41, 5.74) is 5.49. The molecule has 0 N–H and O–H groups in total. The summed E-state index contributed by atoms with van der Waals surface area (Å²) in [6.45, 7) is 2.23. The Hall–Kier alpha value is -2.34. The summed E-state index contributed by atoms with van der Waals surface area (Å²) in [5, 5.41) is 2.67. The molecule has 0 amide bonds. The fourth-order valence-corrected chi connectivity index (χ4v) is 3.30. The van der Waals surface area contributed by atoms with Crippen molar-refractivity contribution in [2.24, 2.45) is 0 Å². The Balaban J connectivity index is 2.01. The molecule has 0 aromatic heterocycles. The molecule has 0 atom stereocenters. The Morgan fingerprint density at radius 1 is 0.762 bits per heavy atom. The topological polar surface area (TPSA) is 0 Å². The lowest BCUT2D eigenvalue weighted by molar-refractivity contribution is 1.11. The van der Waals surface area contributed by atoms with E-state index in [0.717, 1.165) is 6.42 Å². The Labute approximate surface area is 125 Å². The molecule has 21 heavy (non-hydrogen) atoms. The summed E-state index contributed by atoms with van der Waals surface area (Å²) in [6.07, 6.45) is 5.55. The van der Waals surface area contributed by atoms with Crippen molar-refractivity contribution in [2.45, 2.75) is 13.3 Å². The first-order valence-corrected chi connectivity index (χ1v) is 7.54. The van der Waals surface area contributed by atoms with E-state index in [1.807, 2.05) is 0 Å². The summed E-state index contributed by atoms with van der Waals surface area (Å²) in [7, 11) is 0. The Kier molecular flexibility index (Phi) is 2.89. The highest BCUT2D eigenvalue weighted by Crippen LogP contribution is 2.39. The van der Waals surface area contributed by atoms with E-state index in [4.69, 9.17) is 0 Å². The maximum atomic E-state index is 2.28. The van der Waals surface area contributed by atoms with Crippen molar-refractivity contribution in [2.75, 3.05) is 0 Å². The Morgan fingerprint density at radius 2 is 1.57 bits per heavy atom. The third kappa shape index (κ3) is 1.91. The van der Waals surface area contributed by atoms with Crippen LogP contribution >= 0.6 is 0 Å². The third-order valence-electron chi connectivity index (χ3n) is 4.35. The highest BCUT2D eigenvalue weighted by atomic mass is 14.3. The van der Waals surface area contributed by atoms with Crippen molar-refractivity contribution in [3.63, 3.8) is 0 Å². The first-order valence-electron chi connectivity index (χ1n) is 7.54. The zero-order valence-corrected chi connectivity index (χ0v) is 12.1. The number of rotatable bonds is 2. The van der Waals surface area contributed by atoms with Gasteiger partial charge in [-0.3, -0.25) is 0 Å². The summed E-state index contributed by atoms with van der Waals surface area (Å²) in [5.74, 6) is 1.36. The molecule has 1 radical (unpaired) electrons.